The van der Waals surface area contributed by atoms with Crippen molar-refractivity contribution in [3.8, 4) is 5.88 Å². The van der Waals surface area contributed by atoms with E-state index in [0.29, 0.717) is 0 Å². The first-order valence-corrected chi connectivity index (χ1v) is 15.7. The lowest BCUT2D eigenvalue weighted by atomic mass is 9.96. The van der Waals surface area contributed by atoms with E-state index < -0.39 is 62.3 Å². The van der Waals surface area contributed by atoms with E-state index in [1.165, 1.54) is 39.1 Å². The lowest BCUT2D eigenvalue weighted by Gasteiger charge is -2.30. The van der Waals surface area contributed by atoms with E-state index in [1.54, 1.807) is 0 Å². The first-order chi connectivity index (χ1) is 20.6. The zero-order chi connectivity index (χ0) is 33.0. The highest BCUT2D eigenvalue weighted by molar-refractivity contribution is 7.54. The van der Waals surface area contributed by atoms with Gasteiger partial charge in [-0.2, -0.15) is 9.97 Å². The summed E-state index contributed by atoms with van der Waals surface area (Å²) in [5.74, 6) is -1.41. The zero-order valence-corrected chi connectivity index (χ0v) is 27.1. The molecule has 3 heterocycles. The fourth-order valence-electron chi connectivity index (χ4n) is 4.93. The maximum Gasteiger partial charge on any atom is 0.342 e. The number of carbonyl (C=O) groups excluding carboxylic acids is 2. The number of nitrogens with two attached hydrogens (primary N) is 1. The third-order valence-corrected chi connectivity index (χ3v) is 8.88. The number of aromatic nitrogens is 4. The van der Waals surface area contributed by atoms with E-state index in [4.69, 9.17) is 29.2 Å². The number of ether oxygens (including phenoxy) is 4. The third kappa shape index (κ3) is 8.02. The molecular weight excluding hydrogens is 601 g/mol. The average Bonchev–Trinajstić information content (AvgIpc) is 3.46. The smallest absolute Gasteiger partial charge is 0.342 e. The lowest BCUT2D eigenvalue weighted by molar-refractivity contribution is -0.143. The van der Waals surface area contributed by atoms with Crippen molar-refractivity contribution in [2.24, 2.45) is 11.8 Å². The summed E-state index contributed by atoms with van der Waals surface area (Å²) >= 11 is 0. The molecule has 0 radical (unpaired) electrons. The lowest BCUT2D eigenvalue weighted by Crippen LogP contribution is -2.46. The van der Waals surface area contributed by atoms with E-state index in [-0.39, 0.29) is 47.7 Å². The van der Waals surface area contributed by atoms with E-state index in [1.807, 2.05) is 27.7 Å². The minimum atomic E-state index is -4.28. The maximum atomic E-state index is 14.3. The first-order valence-electron chi connectivity index (χ1n) is 14.1. The van der Waals surface area contributed by atoms with Gasteiger partial charge in [0.2, 0.25) is 11.8 Å². The Balaban J connectivity index is 1.93. The van der Waals surface area contributed by atoms with Crippen molar-refractivity contribution in [1.29, 1.82) is 0 Å². The number of nitrogens with one attached hydrogen (secondary N) is 2. The van der Waals surface area contributed by atoms with Crippen molar-refractivity contribution in [3.05, 3.63) is 6.33 Å². The molecule has 0 amide bonds. The molecule has 0 aromatic carbocycles. The number of nitrogens with zero attached hydrogens (tertiary/aromatic N) is 4. The summed E-state index contributed by atoms with van der Waals surface area (Å²) in [6.45, 7) is 8.27. The van der Waals surface area contributed by atoms with Crippen LogP contribution in [0.4, 0.5) is 5.95 Å². The molecule has 2 aromatic heterocycles. The fourth-order valence-corrected chi connectivity index (χ4v) is 6.75. The molecule has 2 aromatic rings. The number of aliphatic hydroxyl groups excluding tert-OH is 1. The van der Waals surface area contributed by atoms with Crippen LogP contribution in [0.1, 0.15) is 53.7 Å². The number of aliphatic hydroxyl groups is 2. The molecule has 3 rings (SSSR count). The van der Waals surface area contributed by atoms with E-state index in [2.05, 4.69) is 25.1 Å². The van der Waals surface area contributed by atoms with Crippen LogP contribution < -0.4 is 20.6 Å². The third-order valence-electron chi connectivity index (χ3n) is 7.07. The van der Waals surface area contributed by atoms with E-state index >= 15 is 0 Å². The molecule has 18 heteroatoms. The number of imidazole rings is 1. The van der Waals surface area contributed by atoms with Crippen molar-refractivity contribution in [2.45, 2.75) is 83.6 Å². The van der Waals surface area contributed by atoms with Gasteiger partial charge < -0.3 is 39.4 Å². The Morgan fingerprint density at radius 1 is 1.09 bits per heavy atom. The molecule has 1 aliphatic heterocycles. The molecule has 6 N–H and O–H groups in total. The Morgan fingerprint density at radius 3 is 2.11 bits per heavy atom. The van der Waals surface area contributed by atoms with Gasteiger partial charge in [0.15, 0.2) is 17.4 Å². The summed E-state index contributed by atoms with van der Waals surface area (Å²) in [7, 11) is -0.496. The van der Waals surface area contributed by atoms with Crippen LogP contribution in [0.15, 0.2) is 6.33 Å². The monoisotopic (exact) mass is 645 g/mol. The Morgan fingerprint density at radius 2 is 1.64 bits per heavy atom. The normalized spacial score (nSPS) is 24.8. The Labute approximate surface area is 255 Å². The van der Waals surface area contributed by atoms with Crippen LogP contribution in [0.25, 0.3) is 11.2 Å². The summed E-state index contributed by atoms with van der Waals surface area (Å²) in [6, 6.07) is -2.14. The van der Waals surface area contributed by atoms with Crippen LogP contribution in [-0.4, -0.2) is 99.5 Å². The predicted octanol–water partition coefficient (Wildman–Crippen LogP) is 0.906. The van der Waals surface area contributed by atoms with Gasteiger partial charge in [0.1, 0.15) is 29.9 Å². The molecule has 1 aliphatic rings. The Kier molecular flexibility index (Phi) is 11.7. The molecule has 0 bridgehead atoms. The molecule has 1 saturated heterocycles. The van der Waals surface area contributed by atoms with Gasteiger partial charge in [0, 0.05) is 0 Å². The topological polar surface area (TPSA) is 232 Å². The summed E-state index contributed by atoms with van der Waals surface area (Å²) in [5.41, 5.74) is 4.32. The molecular formula is C26H44N7O10P. The minimum Gasteiger partial charge on any atom is -0.479 e. The highest BCUT2D eigenvalue weighted by Crippen LogP contribution is 2.45. The van der Waals surface area contributed by atoms with Gasteiger partial charge in [-0.15, -0.1) is 0 Å². The number of carbonyl (C=O) groups is 2. The zero-order valence-electron chi connectivity index (χ0n) is 26.2. The summed E-state index contributed by atoms with van der Waals surface area (Å²) in [6.07, 6.45) is -2.26. The summed E-state index contributed by atoms with van der Waals surface area (Å²) in [5, 5.41) is 27.9. The quantitative estimate of drug-likeness (QED) is 0.134. The summed E-state index contributed by atoms with van der Waals surface area (Å²) in [4.78, 5) is 37.6. The standard InChI is InChI=1S/C26H44N7O10P/c1-13(2)9-15(22(35)40-7)31-44(38,32-16(10-14(3)4)23(36)41-8)42-11-17-19(34)26(5,37)24(43-17)33-12-28-18-20(33)29-25(27)30-21(18)39-6/h12-17,19,24,34,37H,9-11H2,1-8H3,(H2,27,29,30)(H2,31,32,38)/t15?,16?,17-,19-,24-,26-,44?/m1/s1. The number of rotatable bonds is 15. The Bertz CT molecular complexity index is 1320. The highest BCUT2D eigenvalue weighted by atomic mass is 31.2. The second-order valence-electron chi connectivity index (χ2n) is 11.6. The number of nitrogen functional groups attached to an aromatic ring is 1. The molecule has 1 fully saturated rings. The number of hydrogen-bond acceptors (Lipinski definition) is 14. The van der Waals surface area contributed by atoms with E-state index in [9.17, 15) is 24.4 Å². The number of anilines is 1. The van der Waals surface area contributed by atoms with Crippen molar-refractivity contribution >= 4 is 36.7 Å². The largest absolute Gasteiger partial charge is 0.479 e. The van der Waals surface area contributed by atoms with Crippen LogP contribution in [0, 0.1) is 11.8 Å². The first kappa shape index (κ1) is 35.6. The molecule has 0 aliphatic carbocycles. The SMILES string of the molecule is COC(=O)C(CC(C)C)NP(=O)(NC(CC(C)C)C(=O)OC)OC[C@H]1O[C@@H](n2cnc3c(OC)nc(N)nc32)[C@](C)(O)[C@@H]1O. The number of hydrogen-bond donors (Lipinski definition) is 5. The van der Waals surface area contributed by atoms with Crippen LogP contribution >= 0.6 is 7.67 Å². The van der Waals surface area contributed by atoms with Gasteiger partial charge in [0.25, 0.3) is 0 Å². The van der Waals surface area contributed by atoms with Gasteiger partial charge in [0.05, 0.1) is 34.3 Å². The number of esters is 2. The number of methoxy groups -OCH3 is 3. The van der Waals surface area contributed by atoms with Crippen molar-refractivity contribution in [2.75, 3.05) is 33.7 Å². The summed E-state index contributed by atoms with van der Waals surface area (Å²) < 4.78 is 42.6. The van der Waals surface area contributed by atoms with Crippen molar-refractivity contribution in [3.63, 3.8) is 0 Å². The van der Waals surface area contributed by atoms with Gasteiger partial charge in [-0.3, -0.25) is 18.7 Å². The maximum absolute atomic E-state index is 14.3. The van der Waals surface area contributed by atoms with Gasteiger partial charge in [-0.1, -0.05) is 27.7 Å². The van der Waals surface area contributed by atoms with Crippen LogP contribution in [0.2, 0.25) is 0 Å². The van der Waals surface area contributed by atoms with E-state index in [0.717, 1.165) is 0 Å². The highest BCUT2D eigenvalue weighted by Gasteiger charge is 2.54. The van der Waals surface area contributed by atoms with Crippen molar-refractivity contribution < 1.29 is 47.8 Å². The van der Waals surface area contributed by atoms with Gasteiger partial charge in [-0.05, 0) is 31.6 Å². The van der Waals surface area contributed by atoms with Crippen LogP contribution in [0.5, 0.6) is 5.88 Å². The van der Waals surface area contributed by atoms with Gasteiger partial charge >= 0.3 is 19.6 Å². The van der Waals surface area contributed by atoms with Crippen LogP contribution in [-0.2, 0) is 32.9 Å². The van der Waals surface area contributed by atoms with Crippen molar-refractivity contribution in [1.82, 2.24) is 29.7 Å². The number of fused-ring (bicyclic) bond motifs is 1. The molecule has 17 nitrogen and oxygen atoms in total. The minimum absolute atomic E-state index is 0.00978. The van der Waals surface area contributed by atoms with Gasteiger partial charge in [-0.25, -0.2) is 15.2 Å². The molecule has 44 heavy (non-hydrogen) atoms. The van der Waals surface area contributed by atoms with Crippen LogP contribution in [0.3, 0.4) is 0 Å². The average molecular weight is 646 g/mol. The molecule has 2 unspecified atom stereocenters. The second-order valence-corrected chi connectivity index (χ2v) is 13.5. The molecule has 0 spiro atoms. The predicted molar refractivity (Wildman–Crippen MR) is 157 cm³/mol. The fraction of sp³-hybridized carbons (Fsp3) is 0.731. The molecule has 0 saturated carbocycles. The molecule has 6 atom stereocenters. The Hall–Kier alpha value is -2.92. The molecule has 248 valence electrons. The second kappa shape index (κ2) is 14.5.